The maximum Gasteiger partial charge on any atom is 0.128 e. The molecule has 0 N–H and O–H groups in total. The van der Waals surface area contributed by atoms with Gasteiger partial charge in [-0.25, -0.2) is 0 Å². The smallest absolute Gasteiger partial charge is 0.128 e. The summed E-state index contributed by atoms with van der Waals surface area (Å²) in [5.41, 5.74) is 0. The van der Waals surface area contributed by atoms with Crippen molar-refractivity contribution in [2.24, 2.45) is 5.16 Å². The molecular formula is C8H17NO2S. The number of nitrogens with zero attached hydrogens (tertiary/aromatic N) is 1. The summed E-state index contributed by atoms with van der Waals surface area (Å²) < 4.78 is 4.95. The minimum absolute atomic E-state index is 0.0228. The Morgan fingerprint density at radius 3 is 2.67 bits per heavy atom. The molecule has 0 fully saturated rings. The SMILES string of the molecule is COC(C)/C=N/OCC(C)SC. The van der Waals surface area contributed by atoms with Gasteiger partial charge in [-0.15, -0.1) is 0 Å². The predicted molar refractivity (Wildman–Crippen MR) is 53.9 cm³/mol. The van der Waals surface area contributed by atoms with Crippen molar-refractivity contribution in [2.75, 3.05) is 20.0 Å². The van der Waals surface area contributed by atoms with Gasteiger partial charge in [0.1, 0.15) is 6.61 Å². The van der Waals surface area contributed by atoms with Crippen molar-refractivity contribution in [3.8, 4) is 0 Å². The van der Waals surface area contributed by atoms with Gasteiger partial charge >= 0.3 is 0 Å². The second-order valence-electron chi connectivity index (χ2n) is 2.54. The van der Waals surface area contributed by atoms with Crippen molar-refractivity contribution < 1.29 is 9.57 Å². The van der Waals surface area contributed by atoms with Gasteiger partial charge in [-0.3, -0.25) is 0 Å². The van der Waals surface area contributed by atoms with Gasteiger partial charge in [0.15, 0.2) is 0 Å². The molecule has 2 unspecified atom stereocenters. The molecule has 0 aliphatic rings. The number of ether oxygens (including phenoxy) is 1. The summed E-state index contributed by atoms with van der Waals surface area (Å²) in [6.07, 6.45) is 3.72. The monoisotopic (exact) mass is 191 g/mol. The topological polar surface area (TPSA) is 30.8 Å². The Bertz CT molecular complexity index is 130. The van der Waals surface area contributed by atoms with Gasteiger partial charge in [-0.1, -0.05) is 5.16 Å². The van der Waals surface area contributed by atoms with Crippen LogP contribution in [0.15, 0.2) is 5.16 Å². The molecule has 0 amide bonds. The van der Waals surface area contributed by atoms with Crippen LogP contribution in [0.4, 0.5) is 0 Å². The molecule has 3 nitrogen and oxygen atoms in total. The van der Waals surface area contributed by atoms with Crippen LogP contribution < -0.4 is 0 Å². The van der Waals surface area contributed by atoms with Crippen molar-refractivity contribution in [1.82, 2.24) is 0 Å². The van der Waals surface area contributed by atoms with Gasteiger partial charge in [0.25, 0.3) is 0 Å². The first-order valence-corrected chi connectivity index (χ1v) is 5.20. The highest BCUT2D eigenvalue weighted by atomic mass is 32.2. The van der Waals surface area contributed by atoms with Gasteiger partial charge in [0, 0.05) is 12.4 Å². The Morgan fingerprint density at radius 1 is 1.50 bits per heavy atom. The van der Waals surface area contributed by atoms with E-state index in [9.17, 15) is 0 Å². The second kappa shape index (κ2) is 7.43. The van der Waals surface area contributed by atoms with E-state index in [1.807, 2.05) is 6.92 Å². The number of oxime groups is 1. The fourth-order valence-corrected chi connectivity index (χ4v) is 0.603. The fraction of sp³-hybridized carbons (Fsp3) is 0.875. The van der Waals surface area contributed by atoms with Crippen molar-refractivity contribution >= 4 is 18.0 Å². The molecule has 0 radical (unpaired) electrons. The number of thioether (sulfide) groups is 1. The molecule has 2 atom stereocenters. The van der Waals surface area contributed by atoms with E-state index in [4.69, 9.17) is 9.57 Å². The molecule has 12 heavy (non-hydrogen) atoms. The summed E-state index contributed by atoms with van der Waals surface area (Å²) in [5, 5.41) is 4.25. The van der Waals surface area contributed by atoms with E-state index < -0.39 is 0 Å². The third-order valence-corrected chi connectivity index (χ3v) is 2.37. The number of hydrogen-bond donors (Lipinski definition) is 0. The lowest BCUT2D eigenvalue weighted by Gasteiger charge is -2.05. The standard InChI is InChI=1S/C8H17NO2S/c1-7(10-3)5-9-11-6-8(2)12-4/h5,7-8H,6H2,1-4H3/b9-5+. The van der Waals surface area contributed by atoms with Crippen molar-refractivity contribution in [3.63, 3.8) is 0 Å². The maximum absolute atomic E-state index is 5.03. The molecule has 0 heterocycles. The maximum atomic E-state index is 5.03. The second-order valence-corrected chi connectivity index (χ2v) is 3.81. The van der Waals surface area contributed by atoms with Crippen LogP contribution in [0.2, 0.25) is 0 Å². The third kappa shape index (κ3) is 6.49. The van der Waals surface area contributed by atoms with Gasteiger partial charge < -0.3 is 9.57 Å². The third-order valence-electron chi connectivity index (χ3n) is 1.43. The van der Waals surface area contributed by atoms with Crippen LogP contribution in [0.5, 0.6) is 0 Å². The molecule has 0 aromatic carbocycles. The van der Waals surface area contributed by atoms with Gasteiger partial charge in [-0.2, -0.15) is 11.8 Å². The molecule has 0 spiro atoms. The normalized spacial score (nSPS) is 16.3. The molecular weight excluding hydrogens is 174 g/mol. The van der Waals surface area contributed by atoms with Gasteiger partial charge in [-0.05, 0) is 20.1 Å². The Balaban J connectivity index is 3.35. The molecule has 0 rings (SSSR count). The average Bonchev–Trinajstić information content (AvgIpc) is 2.11. The van der Waals surface area contributed by atoms with E-state index in [1.165, 1.54) is 0 Å². The summed E-state index contributed by atoms with van der Waals surface area (Å²) >= 11 is 1.76. The minimum atomic E-state index is 0.0228. The predicted octanol–water partition coefficient (Wildman–Crippen LogP) is 1.78. The van der Waals surface area contributed by atoms with E-state index in [1.54, 1.807) is 25.1 Å². The minimum Gasteiger partial charge on any atom is -0.395 e. The quantitative estimate of drug-likeness (QED) is 0.473. The zero-order valence-electron chi connectivity index (χ0n) is 8.11. The van der Waals surface area contributed by atoms with Crippen LogP contribution in [0.25, 0.3) is 0 Å². The summed E-state index contributed by atoms with van der Waals surface area (Å²) in [4.78, 5) is 5.03. The number of methoxy groups -OCH3 is 1. The van der Waals surface area contributed by atoms with E-state index in [0.29, 0.717) is 11.9 Å². The molecule has 0 bridgehead atoms. The van der Waals surface area contributed by atoms with Crippen LogP contribution in [0.3, 0.4) is 0 Å². The Kier molecular flexibility index (Phi) is 7.29. The average molecular weight is 191 g/mol. The van der Waals surface area contributed by atoms with Gasteiger partial charge in [0.2, 0.25) is 0 Å². The Labute approximate surface area is 78.5 Å². The van der Waals surface area contributed by atoms with Crippen LogP contribution >= 0.6 is 11.8 Å². The summed E-state index contributed by atoms with van der Waals surface area (Å²) in [6, 6.07) is 0. The van der Waals surface area contributed by atoms with E-state index >= 15 is 0 Å². The highest BCUT2D eigenvalue weighted by Crippen LogP contribution is 2.04. The van der Waals surface area contributed by atoms with E-state index in [0.717, 1.165) is 0 Å². The summed E-state index contributed by atoms with van der Waals surface area (Å²) in [7, 11) is 1.64. The highest BCUT2D eigenvalue weighted by molar-refractivity contribution is 7.99. The molecule has 0 aliphatic carbocycles. The molecule has 4 heteroatoms. The Hall–Kier alpha value is -0.220. The first-order chi connectivity index (χ1) is 5.70. The summed E-state index contributed by atoms with van der Waals surface area (Å²) in [6.45, 7) is 4.65. The lowest BCUT2D eigenvalue weighted by Crippen LogP contribution is -2.08. The molecule has 0 aromatic rings. The molecule has 0 saturated carbocycles. The number of rotatable bonds is 6. The van der Waals surface area contributed by atoms with Crippen molar-refractivity contribution in [2.45, 2.75) is 25.2 Å². The lowest BCUT2D eigenvalue weighted by atomic mass is 10.5. The molecule has 0 saturated heterocycles. The lowest BCUT2D eigenvalue weighted by molar-refractivity contribution is 0.136. The van der Waals surface area contributed by atoms with Crippen LogP contribution in [0.1, 0.15) is 13.8 Å². The zero-order valence-corrected chi connectivity index (χ0v) is 8.93. The molecule has 72 valence electrons. The van der Waals surface area contributed by atoms with Gasteiger partial charge in [0.05, 0.1) is 12.3 Å². The fourth-order valence-electron chi connectivity index (χ4n) is 0.406. The zero-order chi connectivity index (χ0) is 9.40. The molecule has 0 aromatic heterocycles. The largest absolute Gasteiger partial charge is 0.395 e. The number of hydrogen-bond acceptors (Lipinski definition) is 4. The van der Waals surface area contributed by atoms with Crippen molar-refractivity contribution in [1.29, 1.82) is 0 Å². The van der Waals surface area contributed by atoms with Crippen LogP contribution in [-0.4, -0.2) is 37.5 Å². The molecule has 0 aliphatic heterocycles. The van der Waals surface area contributed by atoms with E-state index in [2.05, 4.69) is 18.3 Å². The van der Waals surface area contributed by atoms with Crippen LogP contribution in [0, 0.1) is 0 Å². The van der Waals surface area contributed by atoms with Crippen LogP contribution in [-0.2, 0) is 9.57 Å². The first-order valence-electron chi connectivity index (χ1n) is 3.91. The summed E-state index contributed by atoms with van der Waals surface area (Å²) in [5.74, 6) is 0. The van der Waals surface area contributed by atoms with Crippen molar-refractivity contribution in [3.05, 3.63) is 0 Å². The first kappa shape index (κ1) is 11.8. The van der Waals surface area contributed by atoms with E-state index in [-0.39, 0.29) is 6.10 Å². The Morgan fingerprint density at radius 2 is 2.17 bits per heavy atom. The highest BCUT2D eigenvalue weighted by Gasteiger charge is 1.97.